The van der Waals surface area contributed by atoms with Gasteiger partial charge >= 0.3 is 5.97 Å². The van der Waals surface area contributed by atoms with E-state index in [0.717, 1.165) is 12.8 Å². The van der Waals surface area contributed by atoms with E-state index in [1.165, 1.54) is 44.9 Å². The van der Waals surface area contributed by atoms with Crippen molar-refractivity contribution in [3.05, 3.63) is 42.5 Å². The van der Waals surface area contributed by atoms with Crippen molar-refractivity contribution in [1.82, 2.24) is 0 Å². The number of rotatable bonds is 12. The van der Waals surface area contributed by atoms with Gasteiger partial charge in [-0.2, -0.15) is 0 Å². The van der Waals surface area contributed by atoms with Gasteiger partial charge in [-0.3, -0.25) is 4.79 Å². The molecule has 1 aromatic carbocycles. The quantitative estimate of drug-likeness (QED) is 0.203. The lowest BCUT2D eigenvalue weighted by molar-refractivity contribution is -0.134. The second kappa shape index (κ2) is 13.1. The molecule has 0 amide bonds. The molecule has 0 aliphatic rings. The zero-order valence-electron chi connectivity index (χ0n) is 13.9. The fraction of sp³-hybridized carbons (Fsp3) is 0.550. The van der Waals surface area contributed by atoms with E-state index in [2.05, 4.69) is 19.1 Å². The summed E-state index contributed by atoms with van der Waals surface area (Å²) in [6.45, 7) is 2.23. The van der Waals surface area contributed by atoms with Crippen molar-refractivity contribution >= 4 is 5.97 Å². The van der Waals surface area contributed by atoms with E-state index < -0.39 is 0 Å². The molecule has 1 aromatic rings. The first-order valence-electron chi connectivity index (χ1n) is 8.73. The number of unbranched alkanes of at least 4 members (excludes halogenated alkanes) is 7. The van der Waals surface area contributed by atoms with Gasteiger partial charge in [-0.05, 0) is 37.8 Å². The van der Waals surface area contributed by atoms with Gasteiger partial charge in [-0.25, -0.2) is 0 Å². The van der Waals surface area contributed by atoms with E-state index in [4.69, 9.17) is 4.74 Å². The molecule has 122 valence electrons. The topological polar surface area (TPSA) is 26.3 Å². The highest BCUT2D eigenvalue weighted by atomic mass is 16.5. The van der Waals surface area contributed by atoms with Gasteiger partial charge in [0.2, 0.25) is 0 Å². The van der Waals surface area contributed by atoms with E-state index in [1.807, 2.05) is 30.3 Å². The van der Waals surface area contributed by atoms with Gasteiger partial charge in [0.05, 0.1) is 0 Å². The minimum Gasteiger partial charge on any atom is -0.427 e. The zero-order chi connectivity index (χ0) is 15.9. The largest absolute Gasteiger partial charge is 0.427 e. The van der Waals surface area contributed by atoms with Crippen LogP contribution in [0.2, 0.25) is 0 Å². The maximum atomic E-state index is 11.6. The summed E-state index contributed by atoms with van der Waals surface area (Å²) in [6, 6.07) is 9.28. The van der Waals surface area contributed by atoms with Crippen LogP contribution in [0.1, 0.15) is 71.1 Å². The van der Waals surface area contributed by atoms with Crippen LogP contribution in [0.5, 0.6) is 5.75 Å². The van der Waals surface area contributed by atoms with Gasteiger partial charge in [0.15, 0.2) is 0 Å². The summed E-state index contributed by atoms with van der Waals surface area (Å²) in [4.78, 5) is 11.6. The van der Waals surface area contributed by atoms with Crippen LogP contribution >= 0.6 is 0 Å². The molecular formula is C20H30O2. The third-order valence-electron chi connectivity index (χ3n) is 3.62. The molecule has 0 heterocycles. The fourth-order valence-corrected chi connectivity index (χ4v) is 2.29. The van der Waals surface area contributed by atoms with Crippen LogP contribution in [0.25, 0.3) is 0 Å². The lowest BCUT2D eigenvalue weighted by Crippen LogP contribution is -2.07. The second-order valence-corrected chi connectivity index (χ2v) is 5.71. The summed E-state index contributed by atoms with van der Waals surface area (Å²) in [6.07, 6.45) is 15.9. The molecular weight excluding hydrogens is 272 g/mol. The smallest absolute Gasteiger partial charge is 0.311 e. The zero-order valence-corrected chi connectivity index (χ0v) is 13.9. The predicted molar refractivity (Wildman–Crippen MR) is 93.1 cm³/mol. The second-order valence-electron chi connectivity index (χ2n) is 5.71. The van der Waals surface area contributed by atoms with Gasteiger partial charge in [0.25, 0.3) is 0 Å². The van der Waals surface area contributed by atoms with Crippen LogP contribution in [-0.4, -0.2) is 5.97 Å². The molecule has 0 spiro atoms. The van der Waals surface area contributed by atoms with Crippen LogP contribution in [0.3, 0.4) is 0 Å². The Labute approximate surface area is 135 Å². The molecule has 0 fully saturated rings. The van der Waals surface area contributed by atoms with Gasteiger partial charge in [0, 0.05) is 6.42 Å². The van der Waals surface area contributed by atoms with Gasteiger partial charge in [-0.15, -0.1) is 0 Å². The summed E-state index contributed by atoms with van der Waals surface area (Å²) < 4.78 is 5.26. The van der Waals surface area contributed by atoms with Crippen molar-refractivity contribution in [2.45, 2.75) is 71.1 Å². The molecule has 2 nitrogen and oxygen atoms in total. The van der Waals surface area contributed by atoms with Gasteiger partial charge in [-0.1, -0.05) is 69.4 Å². The van der Waals surface area contributed by atoms with E-state index in [1.54, 1.807) is 0 Å². The number of carbonyl (C=O) groups is 1. The molecule has 0 radical (unpaired) electrons. The number of para-hydroxylation sites is 1. The average Bonchev–Trinajstić information content (AvgIpc) is 2.53. The van der Waals surface area contributed by atoms with E-state index in [9.17, 15) is 4.79 Å². The lowest BCUT2D eigenvalue weighted by Gasteiger charge is -2.04. The number of benzene rings is 1. The monoisotopic (exact) mass is 302 g/mol. The highest BCUT2D eigenvalue weighted by molar-refractivity contribution is 5.72. The Kier molecular flexibility index (Phi) is 11.0. The Morgan fingerprint density at radius 3 is 2.27 bits per heavy atom. The van der Waals surface area contributed by atoms with Crippen LogP contribution in [0, 0.1) is 0 Å². The van der Waals surface area contributed by atoms with Crippen molar-refractivity contribution in [1.29, 1.82) is 0 Å². The molecule has 22 heavy (non-hydrogen) atoms. The standard InChI is InChI=1S/C20H30O2/c1-2-3-4-5-6-7-8-9-10-11-15-18-20(21)22-19-16-13-12-14-17-19/h5-6,12-14,16-17H,2-4,7-11,15,18H2,1H3/b6-5-. The van der Waals surface area contributed by atoms with Crippen LogP contribution in [-0.2, 0) is 4.79 Å². The van der Waals surface area contributed by atoms with Crippen molar-refractivity contribution in [3.8, 4) is 5.75 Å². The molecule has 0 unspecified atom stereocenters. The van der Waals surface area contributed by atoms with Crippen LogP contribution < -0.4 is 4.74 Å². The summed E-state index contributed by atoms with van der Waals surface area (Å²) >= 11 is 0. The normalized spacial score (nSPS) is 11.0. The van der Waals surface area contributed by atoms with E-state index >= 15 is 0 Å². The number of hydrogen-bond acceptors (Lipinski definition) is 2. The van der Waals surface area contributed by atoms with Crippen LogP contribution in [0.15, 0.2) is 42.5 Å². The Hall–Kier alpha value is -1.57. The summed E-state index contributed by atoms with van der Waals surface area (Å²) in [7, 11) is 0. The number of hydrogen-bond donors (Lipinski definition) is 0. The van der Waals surface area contributed by atoms with Crippen LogP contribution in [0.4, 0.5) is 0 Å². The number of ether oxygens (including phenoxy) is 1. The highest BCUT2D eigenvalue weighted by Crippen LogP contribution is 2.12. The lowest BCUT2D eigenvalue weighted by atomic mass is 10.1. The van der Waals surface area contributed by atoms with Crippen molar-refractivity contribution in [2.24, 2.45) is 0 Å². The highest BCUT2D eigenvalue weighted by Gasteiger charge is 2.03. The Balaban J connectivity index is 1.91. The minimum atomic E-state index is -0.120. The number of carbonyl (C=O) groups excluding carboxylic acids is 1. The summed E-state index contributed by atoms with van der Waals surface area (Å²) in [5, 5.41) is 0. The molecule has 0 bridgehead atoms. The first kappa shape index (κ1) is 18.5. The molecule has 0 saturated carbocycles. The average molecular weight is 302 g/mol. The molecule has 0 saturated heterocycles. The molecule has 2 heteroatoms. The number of esters is 1. The molecule has 0 aliphatic carbocycles. The molecule has 0 aromatic heterocycles. The maximum absolute atomic E-state index is 11.6. The molecule has 0 atom stereocenters. The maximum Gasteiger partial charge on any atom is 0.311 e. The number of allylic oxidation sites excluding steroid dienone is 2. The summed E-state index contributed by atoms with van der Waals surface area (Å²) in [5.74, 6) is 0.521. The van der Waals surface area contributed by atoms with E-state index in [0.29, 0.717) is 12.2 Å². The Bertz CT molecular complexity index is 409. The molecule has 1 rings (SSSR count). The fourth-order valence-electron chi connectivity index (χ4n) is 2.29. The molecule has 0 aliphatic heterocycles. The Morgan fingerprint density at radius 2 is 1.55 bits per heavy atom. The van der Waals surface area contributed by atoms with Crippen molar-refractivity contribution in [3.63, 3.8) is 0 Å². The third kappa shape index (κ3) is 10.2. The van der Waals surface area contributed by atoms with Gasteiger partial charge in [0.1, 0.15) is 5.75 Å². The minimum absolute atomic E-state index is 0.120. The first-order chi connectivity index (χ1) is 10.8. The SMILES string of the molecule is CCCC/C=C\CCCCCCCC(=O)Oc1ccccc1. The third-order valence-corrected chi connectivity index (χ3v) is 3.62. The first-order valence-corrected chi connectivity index (χ1v) is 8.73. The Morgan fingerprint density at radius 1 is 0.909 bits per heavy atom. The predicted octanol–water partition coefficient (Wildman–Crippen LogP) is 6.07. The summed E-state index contributed by atoms with van der Waals surface area (Å²) in [5.41, 5.74) is 0. The van der Waals surface area contributed by atoms with Crippen molar-refractivity contribution in [2.75, 3.05) is 0 Å². The van der Waals surface area contributed by atoms with E-state index in [-0.39, 0.29) is 5.97 Å². The molecule has 0 N–H and O–H groups in total. The van der Waals surface area contributed by atoms with Gasteiger partial charge < -0.3 is 4.74 Å². The van der Waals surface area contributed by atoms with Crippen molar-refractivity contribution < 1.29 is 9.53 Å².